The van der Waals surface area contributed by atoms with E-state index < -0.39 is 5.54 Å². The summed E-state index contributed by atoms with van der Waals surface area (Å²) in [6, 6.07) is 13.7. The smallest absolute Gasteiger partial charge is 0.225 e. The SMILES string of the molecule is CC(CCl)(NC(=O)Cc1cccs1)c1ccccc1. The minimum Gasteiger partial charge on any atom is -0.345 e. The number of carbonyl (C=O) groups excluding carboxylic acids is 1. The summed E-state index contributed by atoms with van der Waals surface area (Å²) >= 11 is 7.64. The van der Waals surface area contributed by atoms with Gasteiger partial charge in [-0.2, -0.15) is 0 Å². The molecule has 0 fully saturated rings. The molecule has 0 radical (unpaired) electrons. The van der Waals surface area contributed by atoms with Gasteiger partial charge in [0.2, 0.25) is 5.91 Å². The quantitative estimate of drug-likeness (QED) is 0.839. The molecular formula is C15H16ClNOS. The third-order valence-electron chi connectivity index (χ3n) is 3.01. The Labute approximate surface area is 122 Å². The number of benzene rings is 1. The lowest BCUT2D eigenvalue weighted by atomic mass is 9.94. The van der Waals surface area contributed by atoms with E-state index in [9.17, 15) is 4.79 Å². The van der Waals surface area contributed by atoms with Crippen molar-refractivity contribution in [3.05, 3.63) is 58.3 Å². The summed E-state index contributed by atoms with van der Waals surface area (Å²) in [5.74, 6) is 0.335. The molecule has 0 aliphatic heterocycles. The first-order chi connectivity index (χ1) is 9.14. The lowest BCUT2D eigenvalue weighted by Gasteiger charge is -2.29. The maximum absolute atomic E-state index is 12.1. The molecule has 1 heterocycles. The highest BCUT2D eigenvalue weighted by molar-refractivity contribution is 7.10. The third-order valence-corrected chi connectivity index (χ3v) is 4.42. The van der Waals surface area contributed by atoms with E-state index in [1.165, 1.54) is 0 Å². The fraction of sp³-hybridized carbons (Fsp3) is 0.267. The molecule has 0 spiro atoms. The second kappa shape index (κ2) is 6.22. The number of hydrogen-bond donors (Lipinski definition) is 1. The normalized spacial score (nSPS) is 13.8. The minimum atomic E-state index is -0.531. The van der Waals surface area contributed by atoms with Crippen molar-refractivity contribution in [2.75, 3.05) is 5.88 Å². The van der Waals surface area contributed by atoms with Gasteiger partial charge in [-0.1, -0.05) is 36.4 Å². The Bertz CT molecular complexity index is 526. The van der Waals surface area contributed by atoms with Crippen LogP contribution in [0.2, 0.25) is 0 Å². The summed E-state index contributed by atoms with van der Waals surface area (Å²) in [7, 11) is 0. The molecule has 0 saturated heterocycles. The molecule has 0 bridgehead atoms. The Hall–Kier alpha value is -1.32. The summed E-state index contributed by atoms with van der Waals surface area (Å²) in [5.41, 5.74) is 0.487. The molecular weight excluding hydrogens is 278 g/mol. The summed E-state index contributed by atoms with van der Waals surface area (Å²) < 4.78 is 0. The van der Waals surface area contributed by atoms with Crippen LogP contribution in [0.5, 0.6) is 0 Å². The topological polar surface area (TPSA) is 29.1 Å². The Kier molecular flexibility index (Phi) is 4.61. The number of rotatable bonds is 5. The van der Waals surface area contributed by atoms with Crippen molar-refractivity contribution in [1.82, 2.24) is 5.32 Å². The Morgan fingerprint density at radius 1 is 1.26 bits per heavy atom. The number of amides is 1. The van der Waals surface area contributed by atoms with Crippen molar-refractivity contribution in [3.63, 3.8) is 0 Å². The van der Waals surface area contributed by atoms with Gasteiger partial charge >= 0.3 is 0 Å². The molecule has 2 rings (SSSR count). The highest BCUT2D eigenvalue weighted by Crippen LogP contribution is 2.22. The number of alkyl halides is 1. The van der Waals surface area contributed by atoms with Crippen LogP contribution in [0.25, 0.3) is 0 Å². The monoisotopic (exact) mass is 293 g/mol. The van der Waals surface area contributed by atoms with Crippen molar-refractivity contribution < 1.29 is 4.79 Å². The first-order valence-corrected chi connectivity index (χ1v) is 7.50. The van der Waals surface area contributed by atoms with Crippen molar-refractivity contribution in [2.45, 2.75) is 18.9 Å². The first-order valence-electron chi connectivity index (χ1n) is 6.09. The molecule has 100 valence electrons. The highest BCUT2D eigenvalue weighted by Gasteiger charge is 2.27. The number of nitrogens with one attached hydrogen (secondary N) is 1. The number of halogens is 1. The van der Waals surface area contributed by atoms with Crippen LogP contribution in [0.3, 0.4) is 0 Å². The van der Waals surface area contributed by atoms with Gasteiger partial charge in [-0.05, 0) is 23.9 Å². The van der Waals surface area contributed by atoms with Crippen molar-refractivity contribution in [3.8, 4) is 0 Å². The molecule has 1 amide bonds. The second-order valence-corrected chi connectivity index (χ2v) is 5.94. The summed E-state index contributed by atoms with van der Waals surface area (Å²) in [6.45, 7) is 1.95. The standard InChI is InChI=1S/C15H16ClNOS/c1-15(11-16,12-6-3-2-4-7-12)17-14(18)10-13-8-5-9-19-13/h2-9H,10-11H2,1H3,(H,17,18). The summed E-state index contributed by atoms with van der Waals surface area (Å²) in [5, 5.41) is 5.01. The van der Waals surface area contributed by atoms with E-state index in [4.69, 9.17) is 11.6 Å². The van der Waals surface area contributed by atoms with Crippen LogP contribution >= 0.6 is 22.9 Å². The molecule has 1 unspecified atom stereocenters. The van der Waals surface area contributed by atoms with Gasteiger partial charge in [0.05, 0.1) is 12.0 Å². The van der Waals surface area contributed by atoms with Gasteiger partial charge in [0, 0.05) is 10.8 Å². The number of hydrogen-bond acceptors (Lipinski definition) is 2. The number of thiophene rings is 1. The van der Waals surface area contributed by atoms with Gasteiger partial charge in [0.25, 0.3) is 0 Å². The Balaban J connectivity index is 2.08. The summed E-state index contributed by atoms with van der Waals surface area (Å²) in [6.07, 6.45) is 0.400. The average Bonchev–Trinajstić information content (AvgIpc) is 2.92. The molecule has 1 aromatic heterocycles. The second-order valence-electron chi connectivity index (χ2n) is 4.64. The summed E-state index contributed by atoms with van der Waals surface area (Å²) in [4.78, 5) is 13.2. The van der Waals surface area contributed by atoms with Crippen LogP contribution in [0.1, 0.15) is 17.4 Å². The zero-order valence-corrected chi connectivity index (χ0v) is 12.3. The fourth-order valence-electron chi connectivity index (χ4n) is 1.91. The first kappa shape index (κ1) is 14.1. The average molecular weight is 294 g/mol. The molecule has 1 N–H and O–H groups in total. The predicted molar refractivity (Wildman–Crippen MR) is 80.7 cm³/mol. The lowest BCUT2D eigenvalue weighted by Crippen LogP contribution is -2.45. The van der Waals surface area contributed by atoms with Gasteiger partial charge < -0.3 is 5.32 Å². The highest BCUT2D eigenvalue weighted by atomic mass is 35.5. The van der Waals surface area contributed by atoms with E-state index in [0.717, 1.165) is 10.4 Å². The van der Waals surface area contributed by atoms with E-state index in [2.05, 4.69) is 5.32 Å². The molecule has 4 heteroatoms. The number of carbonyl (C=O) groups is 1. The van der Waals surface area contributed by atoms with Crippen LogP contribution < -0.4 is 5.32 Å². The van der Waals surface area contributed by atoms with Gasteiger partial charge in [-0.25, -0.2) is 0 Å². The van der Waals surface area contributed by atoms with Gasteiger partial charge in [0.1, 0.15) is 0 Å². The zero-order valence-electron chi connectivity index (χ0n) is 10.7. The molecule has 0 aliphatic carbocycles. The maximum atomic E-state index is 12.1. The molecule has 19 heavy (non-hydrogen) atoms. The molecule has 1 atom stereocenters. The van der Waals surface area contributed by atoms with Crippen LogP contribution in [-0.2, 0) is 16.8 Å². The van der Waals surface area contributed by atoms with Crippen LogP contribution in [0.4, 0.5) is 0 Å². The lowest BCUT2D eigenvalue weighted by molar-refractivity contribution is -0.122. The van der Waals surface area contributed by atoms with Crippen molar-refractivity contribution >= 4 is 28.8 Å². The van der Waals surface area contributed by atoms with Crippen LogP contribution in [-0.4, -0.2) is 11.8 Å². The minimum absolute atomic E-state index is 0.00514. The van der Waals surface area contributed by atoms with E-state index >= 15 is 0 Å². The van der Waals surface area contributed by atoms with E-state index in [1.54, 1.807) is 11.3 Å². The molecule has 0 aliphatic rings. The third kappa shape index (κ3) is 3.58. The van der Waals surface area contributed by atoms with E-state index in [-0.39, 0.29) is 5.91 Å². The predicted octanol–water partition coefficient (Wildman–Crippen LogP) is 3.56. The van der Waals surface area contributed by atoms with E-state index in [1.807, 2.05) is 54.8 Å². The molecule has 2 nitrogen and oxygen atoms in total. The van der Waals surface area contributed by atoms with Gasteiger partial charge in [0.15, 0.2) is 0 Å². The van der Waals surface area contributed by atoms with Crippen LogP contribution in [0.15, 0.2) is 47.8 Å². The Morgan fingerprint density at radius 2 is 2.00 bits per heavy atom. The largest absolute Gasteiger partial charge is 0.345 e. The molecule has 1 aromatic carbocycles. The van der Waals surface area contributed by atoms with Crippen molar-refractivity contribution in [1.29, 1.82) is 0 Å². The Morgan fingerprint density at radius 3 is 2.58 bits per heavy atom. The van der Waals surface area contributed by atoms with E-state index in [0.29, 0.717) is 12.3 Å². The fourth-order valence-corrected chi connectivity index (χ4v) is 2.84. The zero-order chi connectivity index (χ0) is 13.7. The van der Waals surface area contributed by atoms with Gasteiger partial charge in [-0.15, -0.1) is 22.9 Å². The van der Waals surface area contributed by atoms with Crippen molar-refractivity contribution in [2.24, 2.45) is 0 Å². The van der Waals surface area contributed by atoms with Crippen LogP contribution in [0, 0.1) is 0 Å². The molecule has 0 saturated carbocycles. The maximum Gasteiger partial charge on any atom is 0.225 e. The molecule has 2 aromatic rings. The van der Waals surface area contributed by atoms with Gasteiger partial charge in [-0.3, -0.25) is 4.79 Å².